The number of pyridine rings is 1. The van der Waals surface area contributed by atoms with Crippen LogP contribution < -0.4 is 10.2 Å². The quantitative estimate of drug-likeness (QED) is 0.538. The number of fused-ring (bicyclic) bond motifs is 1. The Balaban J connectivity index is 1.45. The van der Waals surface area contributed by atoms with Gasteiger partial charge in [-0.05, 0) is 31.2 Å². The first-order valence-electron chi connectivity index (χ1n) is 8.55. The highest BCUT2D eigenvalue weighted by Gasteiger charge is 2.15. The Bertz CT molecular complexity index is 1110. The maximum absolute atomic E-state index is 12.3. The zero-order chi connectivity index (χ0) is 19.7. The molecule has 7 nitrogen and oxygen atoms in total. The van der Waals surface area contributed by atoms with Crippen LogP contribution in [0.3, 0.4) is 0 Å². The number of hydrogen-bond acceptors (Lipinski definition) is 6. The smallest absolute Gasteiger partial charge is 0.245 e. The fourth-order valence-electron chi connectivity index (χ4n) is 2.68. The zero-order valence-electron chi connectivity index (χ0n) is 15.3. The highest BCUT2D eigenvalue weighted by Crippen LogP contribution is 2.26. The van der Waals surface area contributed by atoms with Crippen LogP contribution >= 0.6 is 22.9 Å². The molecule has 0 fully saturated rings. The molecule has 0 aliphatic carbocycles. The van der Waals surface area contributed by atoms with Gasteiger partial charge in [0.1, 0.15) is 5.82 Å². The number of likely N-dealkylation sites (N-methyl/N-ethyl adjacent to an activating group) is 1. The molecule has 0 atom stereocenters. The van der Waals surface area contributed by atoms with E-state index in [0.717, 1.165) is 21.9 Å². The van der Waals surface area contributed by atoms with E-state index in [1.165, 1.54) is 11.3 Å². The van der Waals surface area contributed by atoms with Crippen molar-refractivity contribution in [2.75, 3.05) is 23.8 Å². The second-order valence-electron chi connectivity index (χ2n) is 6.31. The maximum atomic E-state index is 12.3. The summed E-state index contributed by atoms with van der Waals surface area (Å²) in [6.07, 6.45) is 1.86. The van der Waals surface area contributed by atoms with E-state index in [-0.39, 0.29) is 12.5 Å². The van der Waals surface area contributed by atoms with E-state index >= 15 is 0 Å². The summed E-state index contributed by atoms with van der Waals surface area (Å²) >= 11 is 7.35. The molecule has 1 aromatic carbocycles. The number of halogens is 1. The molecule has 3 aromatic heterocycles. The number of rotatable bonds is 5. The molecule has 0 unspecified atom stereocenters. The lowest BCUT2D eigenvalue weighted by Crippen LogP contribution is -2.30. The summed E-state index contributed by atoms with van der Waals surface area (Å²) in [6, 6.07) is 13.0. The van der Waals surface area contributed by atoms with Gasteiger partial charge in [-0.15, -0.1) is 5.10 Å². The third kappa shape index (κ3) is 3.97. The SMILES string of the molecule is Cc1cccc(NC(=O)CN(C)c2nn3cc(-c4ccc(Cl)cc4)nc3s2)n1. The standard InChI is InChI=1S/C19H17ClN6OS/c1-12-4-3-5-16(21-12)23-17(27)11-25(2)19-24-26-10-15(22-18(26)28-19)13-6-8-14(20)9-7-13/h3-10H,11H2,1-2H3,(H,21,23,27). The van der Waals surface area contributed by atoms with Crippen molar-refractivity contribution in [3.05, 3.63) is 59.4 Å². The monoisotopic (exact) mass is 412 g/mol. The van der Waals surface area contributed by atoms with Crippen LogP contribution in [0.2, 0.25) is 5.02 Å². The molecule has 0 saturated carbocycles. The average molecular weight is 413 g/mol. The topological polar surface area (TPSA) is 75.4 Å². The number of aryl methyl sites for hydroxylation is 1. The second-order valence-corrected chi connectivity index (χ2v) is 7.68. The van der Waals surface area contributed by atoms with Gasteiger partial charge in [-0.2, -0.15) is 0 Å². The van der Waals surface area contributed by atoms with Crippen molar-refractivity contribution in [1.29, 1.82) is 0 Å². The highest BCUT2D eigenvalue weighted by molar-refractivity contribution is 7.20. The summed E-state index contributed by atoms with van der Waals surface area (Å²) in [5.74, 6) is 0.384. The van der Waals surface area contributed by atoms with Gasteiger partial charge in [-0.25, -0.2) is 14.5 Å². The fraction of sp³-hybridized carbons (Fsp3) is 0.158. The lowest BCUT2D eigenvalue weighted by molar-refractivity contribution is -0.114. The molecule has 1 N–H and O–H groups in total. The van der Waals surface area contributed by atoms with Crippen LogP contribution in [-0.2, 0) is 4.79 Å². The number of amides is 1. The number of anilines is 2. The van der Waals surface area contributed by atoms with Crippen molar-refractivity contribution in [3.8, 4) is 11.3 Å². The molecule has 0 aliphatic heterocycles. The minimum Gasteiger partial charge on any atom is -0.340 e. The Labute approximate surface area is 170 Å². The summed E-state index contributed by atoms with van der Waals surface area (Å²) in [4.78, 5) is 23.7. The van der Waals surface area contributed by atoms with E-state index in [0.29, 0.717) is 16.0 Å². The third-order valence-corrected chi connectivity index (χ3v) is 5.32. The number of imidazole rings is 1. The number of benzene rings is 1. The van der Waals surface area contributed by atoms with E-state index in [1.54, 1.807) is 15.5 Å². The first-order valence-corrected chi connectivity index (χ1v) is 9.74. The predicted octanol–water partition coefficient (Wildman–Crippen LogP) is 3.89. The van der Waals surface area contributed by atoms with Crippen molar-refractivity contribution >= 4 is 44.8 Å². The fourth-order valence-corrected chi connectivity index (χ4v) is 3.65. The first kappa shape index (κ1) is 18.4. The van der Waals surface area contributed by atoms with Crippen molar-refractivity contribution in [3.63, 3.8) is 0 Å². The number of carbonyl (C=O) groups is 1. The summed E-state index contributed by atoms with van der Waals surface area (Å²) in [7, 11) is 1.82. The van der Waals surface area contributed by atoms with Crippen molar-refractivity contribution in [2.24, 2.45) is 0 Å². The number of hydrogen-bond donors (Lipinski definition) is 1. The molecular weight excluding hydrogens is 396 g/mol. The van der Waals surface area contributed by atoms with Gasteiger partial charge in [0, 0.05) is 23.3 Å². The van der Waals surface area contributed by atoms with E-state index in [4.69, 9.17) is 11.6 Å². The molecule has 0 spiro atoms. The molecule has 28 heavy (non-hydrogen) atoms. The van der Waals surface area contributed by atoms with Gasteiger partial charge < -0.3 is 10.2 Å². The largest absolute Gasteiger partial charge is 0.340 e. The van der Waals surface area contributed by atoms with Crippen LogP contribution in [0.1, 0.15) is 5.69 Å². The van der Waals surface area contributed by atoms with Crippen LogP contribution in [0, 0.1) is 6.92 Å². The van der Waals surface area contributed by atoms with Gasteiger partial charge in [-0.3, -0.25) is 4.79 Å². The van der Waals surface area contributed by atoms with Crippen LogP contribution in [0.4, 0.5) is 10.9 Å². The molecule has 0 radical (unpaired) electrons. The summed E-state index contributed by atoms with van der Waals surface area (Å²) in [6.45, 7) is 2.04. The molecule has 9 heteroatoms. The molecule has 0 saturated heterocycles. The Morgan fingerprint density at radius 3 is 2.71 bits per heavy atom. The highest BCUT2D eigenvalue weighted by atomic mass is 35.5. The van der Waals surface area contributed by atoms with E-state index in [9.17, 15) is 4.79 Å². The lowest BCUT2D eigenvalue weighted by Gasteiger charge is -2.14. The molecule has 3 heterocycles. The normalized spacial score (nSPS) is 11.0. The van der Waals surface area contributed by atoms with Crippen molar-refractivity contribution in [1.82, 2.24) is 19.6 Å². The van der Waals surface area contributed by atoms with Crippen molar-refractivity contribution < 1.29 is 4.79 Å². The predicted molar refractivity (Wildman–Crippen MR) is 112 cm³/mol. The van der Waals surface area contributed by atoms with E-state index in [1.807, 2.05) is 56.6 Å². The Morgan fingerprint density at radius 2 is 2.00 bits per heavy atom. The molecule has 4 rings (SSSR count). The van der Waals surface area contributed by atoms with Crippen molar-refractivity contribution in [2.45, 2.75) is 6.92 Å². The minimum absolute atomic E-state index is 0.157. The molecule has 0 bridgehead atoms. The third-order valence-electron chi connectivity index (χ3n) is 4.04. The molecule has 1 amide bonds. The van der Waals surface area contributed by atoms with Gasteiger partial charge in [0.15, 0.2) is 0 Å². The Kier molecular flexibility index (Phi) is 4.97. The number of nitrogens with one attached hydrogen (secondary N) is 1. The lowest BCUT2D eigenvalue weighted by atomic mass is 10.2. The summed E-state index contributed by atoms with van der Waals surface area (Å²) < 4.78 is 1.72. The second kappa shape index (κ2) is 7.57. The molecule has 142 valence electrons. The van der Waals surface area contributed by atoms with E-state index in [2.05, 4.69) is 20.4 Å². The van der Waals surface area contributed by atoms with Gasteiger partial charge in [0.2, 0.25) is 16.0 Å². The molecular formula is C19H17ClN6OS. The van der Waals surface area contributed by atoms with Gasteiger partial charge in [0.25, 0.3) is 0 Å². The Hall–Kier alpha value is -2.97. The summed E-state index contributed by atoms with van der Waals surface area (Å²) in [5, 5.41) is 8.72. The summed E-state index contributed by atoms with van der Waals surface area (Å²) in [5.41, 5.74) is 2.65. The van der Waals surface area contributed by atoms with Gasteiger partial charge in [0.05, 0.1) is 18.4 Å². The number of aromatic nitrogens is 4. The van der Waals surface area contributed by atoms with Crippen LogP contribution in [0.15, 0.2) is 48.7 Å². The Morgan fingerprint density at radius 1 is 1.21 bits per heavy atom. The van der Waals surface area contributed by atoms with E-state index < -0.39 is 0 Å². The van der Waals surface area contributed by atoms with Gasteiger partial charge >= 0.3 is 0 Å². The maximum Gasteiger partial charge on any atom is 0.245 e. The molecule has 0 aliphatic rings. The minimum atomic E-state index is -0.157. The number of nitrogens with zero attached hydrogens (tertiary/aromatic N) is 5. The molecule has 4 aromatic rings. The zero-order valence-corrected chi connectivity index (χ0v) is 16.8. The van der Waals surface area contributed by atoms with Crippen LogP contribution in [0.25, 0.3) is 16.2 Å². The van der Waals surface area contributed by atoms with Gasteiger partial charge in [-0.1, -0.05) is 41.1 Å². The van der Waals surface area contributed by atoms with Crippen LogP contribution in [-0.4, -0.2) is 39.1 Å². The number of carbonyl (C=O) groups excluding carboxylic acids is 1. The van der Waals surface area contributed by atoms with Crippen LogP contribution in [0.5, 0.6) is 0 Å². The average Bonchev–Trinajstić information content (AvgIpc) is 3.21. The first-order chi connectivity index (χ1) is 13.5.